The van der Waals surface area contributed by atoms with Gasteiger partial charge in [-0.2, -0.15) is 0 Å². The number of benzene rings is 2. The summed E-state index contributed by atoms with van der Waals surface area (Å²) in [5, 5.41) is 3.56. The molecule has 1 fully saturated rings. The van der Waals surface area contributed by atoms with Crippen LogP contribution in [-0.2, 0) is 26.2 Å². The van der Waals surface area contributed by atoms with Crippen molar-refractivity contribution in [3.05, 3.63) is 65.2 Å². The number of nitrogens with one attached hydrogen (secondary N) is 1. The second-order valence-corrected chi connectivity index (χ2v) is 11.8. The van der Waals surface area contributed by atoms with Crippen molar-refractivity contribution < 1.29 is 18.0 Å². The summed E-state index contributed by atoms with van der Waals surface area (Å²) in [6.07, 6.45) is 6.90. The third kappa shape index (κ3) is 8.23. The number of rotatable bonds is 11. The van der Waals surface area contributed by atoms with Crippen LogP contribution < -0.4 is 9.62 Å². The average molecular weight is 534 g/mol. The normalized spacial score (nSPS) is 15.2. The van der Waals surface area contributed by atoms with Crippen LogP contribution in [0.15, 0.2) is 54.6 Å². The summed E-state index contributed by atoms with van der Waals surface area (Å²) in [6, 6.07) is 15.7. The van der Waals surface area contributed by atoms with E-state index in [1.165, 1.54) is 10.7 Å². The maximum Gasteiger partial charge on any atom is 0.242 e. The van der Waals surface area contributed by atoms with Crippen LogP contribution in [0, 0.1) is 0 Å². The minimum Gasteiger partial charge on any atom is -0.352 e. The van der Waals surface area contributed by atoms with Gasteiger partial charge in [-0.15, -0.1) is 0 Å². The number of carbonyl (C=O) groups is 2. The number of nitrogens with zero attached hydrogens (tertiary/aromatic N) is 2. The SMILES string of the molecule is CC(C(=O)NC1CCCCC1)N(Cc1ccccc1)C(=O)CCCN(c1cccc(Cl)c1)S(C)(=O)=O. The molecule has 0 aromatic heterocycles. The summed E-state index contributed by atoms with van der Waals surface area (Å²) in [5.74, 6) is -0.340. The van der Waals surface area contributed by atoms with Crippen molar-refractivity contribution in [3.63, 3.8) is 0 Å². The Morgan fingerprint density at radius 1 is 1.06 bits per heavy atom. The van der Waals surface area contributed by atoms with Crippen LogP contribution in [0.4, 0.5) is 5.69 Å². The highest BCUT2D eigenvalue weighted by Gasteiger charge is 2.28. The quantitative estimate of drug-likeness (QED) is 0.451. The lowest BCUT2D eigenvalue weighted by Crippen LogP contribution is -2.50. The molecule has 9 heteroatoms. The van der Waals surface area contributed by atoms with E-state index in [0.29, 0.717) is 23.7 Å². The number of carbonyl (C=O) groups excluding carboxylic acids is 2. The monoisotopic (exact) mass is 533 g/mol. The summed E-state index contributed by atoms with van der Waals surface area (Å²) < 4.78 is 26.1. The van der Waals surface area contributed by atoms with E-state index in [1.807, 2.05) is 30.3 Å². The second-order valence-electron chi connectivity index (χ2n) is 9.45. The number of sulfonamides is 1. The van der Waals surface area contributed by atoms with Gasteiger partial charge in [-0.25, -0.2) is 8.42 Å². The number of amides is 2. The summed E-state index contributed by atoms with van der Waals surface area (Å²) >= 11 is 6.06. The van der Waals surface area contributed by atoms with Crippen molar-refractivity contribution in [3.8, 4) is 0 Å². The van der Waals surface area contributed by atoms with Crippen LogP contribution in [0.25, 0.3) is 0 Å². The molecule has 1 unspecified atom stereocenters. The van der Waals surface area contributed by atoms with Gasteiger partial charge in [-0.3, -0.25) is 13.9 Å². The Hall–Kier alpha value is -2.58. The predicted molar refractivity (Wildman–Crippen MR) is 144 cm³/mol. The minimum absolute atomic E-state index is 0.112. The summed E-state index contributed by atoms with van der Waals surface area (Å²) in [4.78, 5) is 28.0. The fourth-order valence-corrected chi connectivity index (χ4v) is 5.71. The third-order valence-corrected chi connectivity index (χ3v) is 7.99. The molecule has 1 aliphatic carbocycles. The molecule has 0 aliphatic heterocycles. The first-order valence-electron chi connectivity index (χ1n) is 12.5. The molecule has 0 spiro atoms. The van der Waals surface area contributed by atoms with E-state index < -0.39 is 16.1 Å². The second kappa shape index (κ2) is 13.1. The van der Waals surface area contributed by atoms with Gasteiger partial charge in [0.05, 0.1) is 11.9 Å². The Bertz CT molecular complexity index is 1120. The first kappa shape index (κ1) is 28.0. The Morgan fingerprint density at radius 2 is 1.75 bits per heavy atom. The van der Waals surface area contributed by atoms with Gasteiger partial charge in [0.25, 0.3) is 0 Å². The van der Waals surface area contributed by atoms with E-state index in [-0.39, 0.29) is 30.8 Å². The third-order valence-electron chi connectivity index (χ3n) is 6.56. The standard InChI is InChI=1S/C27H36ClN3O4S/c1-21(27(33)29-24-14-7-4-8-15-24)30(20-22-11-5-3-6-12-22)26(32)17-10-18-31(36(2,34)35)25-16-9-13-23(28)19-25/h3,5-6,9,11-13,16,19,21,24H,4,7-8,10,14-15,17-18,20H2,1-2H3,(H,29,33). The molecule has 0 heterocycles. The molecular formula is C27H36ClN3O4S. The van der Waals surface area contributed by atoms with Gasteiger partial charge >= 0.3 is 0 Å². The highest BCUT2D eigenvalue weighted by Crippen LogP contribution is 2.23. The number of hydrogen-bond acceptors (Lipinski definition) is 4. The molecule has 0 bridgehead atoms. The van der Waals surface area contributed by atoms with Crippen LogP contribution in [0.5, 0.6) is 0 Å². The number of halogens is 1. The molecule has 1 aliphatic rings. The average Bonchev–Trinajstić information content (AvgIpc) is 2.85. The van der Waals surface area contributed by atoms with E-state index in [4.69, 9.17) is 11.6 Å². The van der Waals surface area contributed by atoms with E-state index in [2.05, 4.69) is 5.32 Å². The molecule has 1 atom stereocenters. The number of anilines is 1. The van der Waals surface area contributed by atoms with Gasteiger partial charge in [0.2, 0.25) is 21.8 Å². The van der Waals surface area contributed by atoms with E-state index in [9.17, 15) is 18.0 Å². The molecule has 2 amide bonds. The first-order valence-corrected chi connectivity index (χ1v) is 14.7. The van der Waals surface area contributed by atoms with E-state index >= 15 is 0 Å². The lowest BCUT2D eigenvalue weighted by atomic mass is 9.95. The van der Waals surface area contributed by atoms with Gasteiger partial charge in [0.1, 0.15) is 6.04 Å². The summed E-state index contributed by atoms with van der Waals surface area (Å²) in [6.45, 7) is 2.20. The molecule has 0 saturated heterocycles. The lowest BCUT2D eigenvalue weighted by Gasteiger charge is -2.31. The van der Waals surface area contributed by atoms with Gasteiger partial charge < -0.3 is 10.2 Å². The highest BCUT2D eigenvalue weighted by molar-refractivity contribution is 7.92. The lowest BCUT2D eigenvalue weighted by molar-refractivity contribution is -0.141. The molecule has 196 valence electrons. The van der Waals surface area contributed by atoms with Crippen molar-refractivity contribution in [1.82, 2.24) is 10.2 Å². The zero-order valence-corrected chi connectivity index (χ0v) is 22.6. The van der Waals surface area contributed by atoms with Crippen LogP contribution in [0.2, 0.25) is 5.02 Å². The van der Waals surface area contributed by atoms with Crippen LogP contribution in [-0.4, -0.2) is 50.0 Å². The highest BCUT2D eigenvalue weighted by atomic mass is 35.5. The van der Waals surface area contributed by atoms with Gasteiger partial charge in [-0.1, -0.05) is 67.3 Å². The Labute approximate surface area is 219 Å². The van der Waals surface area contributed by atoms with Gasteiger partial charge in [-0.05, 0) is 49.9 Å². The molecule has 36 heavy (non-hydrogen) atoms. The van der Waals surface area contributed by atoms with Crippen LogP contribution in [0.1, 0.15) is 57.4 Å². The Balaban J connectivity index is 1.69. The largest absolute Gasteiger partial charge is 0.352 e. The smallest absolute Gasteiger partial charge is 0.242 e. The maximum absolute atomic E-state index is 13.4. The molecule has 2 aromatic carbocycles. The molecule has 2 aromatic rings. The Morgan fingerprint density at radius 3 is 2.39 bits per heavy atom. The van der Waals surface area contributed by atoms with Gasteiger partial charge in [0, 0.05) is 30.6 Å². The zero-order valence-electron chi connectivity index (χ0n) is 21.0. The molecular weight excluding hydrogens is 498 g/mol. The van der Waals surface area contributed by atoms with Crippen molar-refractivity contribution in [2.24, 2.45) is 0 Å². The molecule has 7 nitrogen and oxygen atoms in total. The van der Waals surface area contributed by atoms with Crippen molar-refractivity contribution in [1.29, 1.82) is 0 Å². The topological polar surface area (TPSA) is 86.8 Å². The maximum atomic E-state index is 13.4. The fraction of sp³-hybridized carbons (Fsp3) is 0.481. The van der Waals surface area contributed by atoms with Crippen LogP contribution >= 0.6 is 11.6 Å². The number of hydrogen-bond donors (Lipinski definition) is 1. The minimum atomic E-state index is -3.56. The van der Waals surface area contributed by atoms with Gasteiger partial charge in [0.15, 0.2) is 0 Å². The van der Waals surface area contributed by atoms with Crippen molar-refractivity contribution >= 4 is 39.1 Å². The fourth-order valence-electron chi connectivity index (χ4n) is 4.57. The Kier molecular flexibility index (Phi) is 10.2. The van der Waals surface area contributed by atoms with E-state index in [1.54, 1.807) is 36.1 Å². The first-order chi connectivity index (χ1) is 17.1. The molecule has 1 N–H and O–H groups in total. The van der Waals surface area contributed by atoms with Crippen LogP contribution in [0.3, 0.4) is 0 Å². The molecule has 0 radical (unpaired) electrons. The van der Waals surface area contributed by atoms with E-state index in [0.717, 1.165) is 37.5 Å². The summed E-state index contributed by atoms with van der Waals surface area (Å²) in [5.41, 5.74) is 1.39. The molecule has 3 rings (SSSR count). The summed E-state index contributed by atoms with van der Waals surface area (Å²) in [7, 11) is -3.56. The van der Waals surface area contributed by atoms with Crippen molar-refractivity contribution in [2.75, 3.05) is 17.1 Å². The van der Waals surface area contributed by atoms with Crippen molar-refractivity contribution in [2.45, 2.75) is 70.5 Å². The predicted octanol–water partition coefficient (Wildman–Crippen LogP) is 4.75. The molecule has 1 saturated carbocycles. The zero-order chi connectivity index (χ0) is 26.1.